The maximum Gasteiger partial charge on any atom is 0.187 e. The highest BCUT2D eigenvalue weighted by atomic mass is 32.1. The van der Waals surface area contributed by atoms with E-state index in [4.69, 9.17) is 47.4 Å². The Balaban J connectivity index is 0.680. The van der Waals surface area contributed by atoms with Gasteiger partial charge in [-0.05, 0) is 30.3 Å². The van der Waals surface area contributed by atoms with E-state index >= 15 is 0 Å². The van der Waals surface area contributed by atoms with Crippen molar-refractivity contribution in [2.45, 2.75) is 186 Å². The summed E-state index contributed by atoms with van der Waals surface area (Å²) in [4.78, 5) is 0. The SMILES string of the molecule is O[C@@H]1[C@@H](O)[C@H]2O[C@H]3[C@H](O)[C@@H](O)[C@@H](O[C@H]4[C@H](O)[C@@H](O)[C@@H](O[C@H]5[C@H](O)[C@@H](O)[C@@H](O[C@H]6[C@H](O)[C@@H](O)[C@@H](O[C@@H]1[C@@H](Cn1cc(-c7cccc8nsnc78)nn1)O2)O[C@@H]6Cn1cc(-c2cccc6nsnc26)nn1)O[C@@H]5Cn1cc(-c2cccc5nsnc25)nn1)O[C@@H]4Cn1cc(-c2cccc4nsnc24)nn1)O[C@@H]3Cn1cc(-c2cccc3nsnc23)nn1. The molecular weight excluding hydrogens is 1670 g/mol. The molecule has 0 amide bonds. The number of fused-ring (bicyclic) bond motifs is 5. The van der Waals surface area contributed by atoms with Crippen LogP contribution in [0, 0.1) is 0 Å². The average Bonchev–Trinajstić information content (AvgIpc) is 0.827. The molecular formula is C70H65N25O20S5. The number of aliphatic hydroxyl groups excluding tert-OH is 10. The fourth-order valence-corrected chi connectivity index (χ4v) is 18.7. The van der Waals surface area contributed by atoms with Gasteiger partial charge in [-0.15, -0.1) is 25.5 Å². The van der Waals surface area contributed by atoms with Crippen molar-refractivity contribution < 1.29 is 98.4 Å². The van der Waals surface area contributed by atoms with Gasteiger partial charge >= 0.3 is 0 Å². The summed E-state index contributed by atoms with van der Waals surface area (Å²) in [5.74, 6) is 0. The van der Waals surface area contributed by atoms with Crippen molar-refractivity contribution in [2.75, 3.05) is 0 Å². The Morgan fingerprint density at radius 1 is 0.233 bits per heavy atom. The summed E-state index contributed by atoms with van der Waals surface area (Å²) >= 11 is 4.96. The molecule has 45 nitrogen and oxygen atoms in total. The van der Waals surface area contributed by atoms with Crippen LogP contribution in [0.4, 0.5) is 0 Å². The first-order valence-corrected chi connectivity index (χ1v) is 41.1. The monoisotopic (exact) mass is 1740 g/mol. The van der Waals surface area contributed by atoms with E-state index in [0.717, 1.165) is 58.6 Å². The summed E-state index contributed by atoms with van der Waals surface area (Å²) in [6, 6.07) is 26.6. The highest BCUT2D eigenvalue weighted by Crippen LogP contribution is 2.41. The molecule has 0 unspecified atom stereocenters. The number of ether oxygens (including phenoxy) is 10. The zero-order valence-electron chi connectivity index (χ0n) is 61.3. The summed E-state index contributed by atoms with van der Waals surface area (Å²) in [6.45, 7) is -2.08. The van der Waals surface area contributed by atoms with Crippen LogP contribution in [0.15, 0.2) is 122 Å². The Labute approximate surface area is 691 Å². The number of hydrogen-bond acceptors (Lipinski definition) is 45. The number of rotatable bonds is 15. The fraction of sp³-hybridized carbons (Fsp3) is 0.429. The summed E-state index contributed by atoms with van der Waals surface area (Å²) < 4.78 is 118. The minimum absolute atomic E-state index is 0.322. The van der Waals surface area contributed by atoms with Gasteiger partial charge in [0.15, 0.2) is 31.5 Å². The van der Waals surface area contributed by atoms with Gasteiger partial charge in [0.05, 0.1) is 122 Å². The highest BCUT2D eigenvalue weighted by molar-refractivity contribution is 7.01. The molecule has 5 aromatic carbocycles. The first-order chi connectivity index (χ1) is 58.5. The fourth-order valence-electron chi connectivity index (χ4n) is 16.0. The van der Waals surface area contributed by atoms with Gasteiger partial charge < -0.3 is 98.4 Å². The summed E-state index contributed by atoms with van der Waals surface area (Å²) in [5.41, 5.74) is 9.89. The standard InChI is InChI=1S/C70H65N25O20S5/c96-51-56(101)66-106-41(21-91-16-36(71-86-91)26-6-1-11-31-46(26)81-116-76-31)61(51)111-67-57(102)52(97)63(43(107-67)23-93-18-38(73-88-93)28-8-3-13-33-48(28)83-118-78-33)113-69-59(104)54(99)65(45(109-69)25-95-20-40(75-90-95)30-10-5-15-35-50(30)85-120-80-35)115-70-60(105)55(100)64(44(110-70)24-94-19-39(74-89-94)29-9-4-14-34-49(29)84-119-79-34)114-68-58(103)53(98)62(112-66)42(108-68)22-92-17-37(72-87-92)27-7-2-12-32-47(27)82-117-77-32/h1-20,41-45,51-70,96-105H,21-25H2/t41-,42-,43-,44-,45-,51-,52-,53-,54-,55-,56-,57-,58-,59-,60-,61-,62-,63-,64-,65-,66-,67-,68-,69-,70-/m1/s1. The Bertz CT molecular complexity index is 5340. The topological polar surface area (TPSA) is 577 Å². The first kappa shape index (κ1) is 77.4. The van der Waals surface area contributed by atoms with Gasteiger partial charge in [0.1, 0.15) is 206 Å². The molecule has 10 N–H and O–H groups in total. The van der Waals surface area contributed by atoms with E-state index in [1.54, 1.807) is 122 Å². The average molecular weight is 1740 g/mol. The van der Waals surface area contributed by atoms with Crippen LogP contribution in [0.2, 0.25) is 0 Å². The predicted molar refractivity (Wildman–Crippen MR) is 410 cm³/mol. The minimum atomic E-state index is -2.19. The molecule has 50 heteroatoms. The molecule has 0 saturated carbocycles. The zero-order chi connectivity index (χ0) is 81.3. The second-order valence-corrected chi connectivity index (χ2v) is 32.1. The summed E-state index contributed by atoms with van der Waals surface area (Å²) in [6.07, 6.45) is -41.0. The lowest BCUT2D eigenvalue weighted by molar-refractivity contribution is -0.388. The third-order valence-electron chi connectivity index (χ3n) is 22.0. The molecule has 120 heavy (non-hydrogen) atoms. The molecule has 15 aromatic rings. The van der Waals surface area contributed by atoms with E-state index < -0.39 is 186 Å². The van der Waals surface area contributed by atoms with E-state index in [-0.39, 0.29) is 0 Å². The molecule has 30 rings (SSSR count). The molecule has 15 aliphatic heterocycles. The van der Waals surface area contributed by atoms with Gasteiger partial charge in [0, 0.05) is 27.8 Å². The Kier molecular flexibility index (Phi) is 20.5. The Morgan fingerprint density at radius 2 is 0.417 bits per heavy atom. The first-order valence-electron chi connectivity index (χ1n) is 37.5. The quantitative estimate of drug-likeness (QED) is 0.0587. The van der Waals surface area contributed by atoms with Crippen LogP contribution in [0.1, 0.15) is 0 Å². The minimum Gasteiger partial charge on any atom is -0.387 e. The van der Waals surface area contributed by atoms with Crippen molar-refractivity contribution in [1.29, 1.82) is 0 Å². The van der Waals surface area contributed by atoms with Crippen molar-refractivity contribution in [3.05, 3.63) is 122 Å². The number of benzene rings is 5. The van der Waals surface area contributed by atoms with Gasteiger partial charge in [0.25, 0.3) is 0 Å². The van der Waals surface area contributed by atoms with E-state index in [1.165, 1.54) is 23.4 Å². The van der Waals surface area contributed by atoms with Crippen LogP contribution < -0.4 is 0 Å². The van der Waals surface area contributed by atoms with Crippen LogP contribution in [-0.2, 0) is 80.1 Å². The van der Waals surface area contributed by atoms with Crippen LogP contribution in [0.3, 0.4) is 0 Å². The van der Waals surface area contributed by atoms with E-state index in [0.29, 0.717) is 111 Å². The summed E-state index contributed by atoms with van der Waals surface area (Å²) in [5, 5.41) is 172. The molecule has 25 atom stereocenters. The number of aliphatic hydroxyl groups is 10. The Morgan fingerprint density at radius 3 is 0.600 bits per heavy atom. The number of aromatic nitrogens is 25. The molecule has 10 aromatic heterocycles. The largest absolute Gasteiger partial charge is 0.387 e. The molecule has 0 spiro atoms. The van der Waals surface area contributed by atoms with E-state index in [2.05, 4.69) is 95.3 Å². The Hall–Kier alpha value is -9.90. The van der Waals surface area contributed by atoms with Crippen LogP contribution in [-0.4, -0.2) is 323 Å². The third kappa shape index (κ3) is 14.2. The van der Waals surface area contributed by atoms with Gasteiger partial charge in [-0.3, -0.25) is 0 Å². The van der Waals surface area contributed by atoms with E-state index in [1.807, 2.05) is 0 Å². The number of nitrogens with zero attached hydrogens (tertiary/aromatic N) is 25. The molecule has 25 heterocycles. The molecule has 15 saturated heterocycles. The normalized spacial score (nSPS) is 32.0. The van der Waals surface area contributed by atoms with Crippen molar-refractivity contribution in [3.8, 4) is 56.3 Å². The van der Waals surface area contributed by atoms with Crippen LogP contribution >= 0.6 is 58.6 Å². The van der Waals surface area contributed by atoms with Gasteiger partial charge in [0.2, 0.25) is 0 Å². The maximum absolute atomic E-state index is 12.9. The van der Waals surface area contributed by atoms with Crippen molar-refractivity contribution in [2.24, 2.45) is 0 Å². The summed E-state index contributed by atoms with van der Waals surface area (Å²) in [7, 11) is 0. The lowest BCUT2D eigenvalue weighted by atomic mass is 9.95. The van der Waals surface area contributed by atoms with Crippen LogP contribution in [0.25, 0.3) is 111 Å². The second-order valence-electron chi connectivity index (χ2n) is 29.4. The molecule has 620 valence electrons. The predicted octanol–water partition coefficient (Wildman–Crippen LogP) is -1.02. The molecule has 15 aliphatic rings. The van der Waals surface area contributed by atoms with Crippen molar-refractivity contribution >= 4 is 114 Å². The van der Waals surface area contributed by atoms with Crippen molar-refractivity contribution in [1.82, 2.24) is 119 Å². The smallest absolute Gasteiger partial charge is 0.187 e. The molecule has 0 aliphatic carbocycles. The second kappa shape index (κ2) is 31.8. The number of hydrogen-bond donors (Lipinski definition) is 10. The molecule has 10 bridgehead atoms. The van der Waals surface area contributed by atoms with Gasteiger partial charge in [-0.1, -0.05) is 86.7 Å². The lowest BCUT2D eigenvalue weighted by Crippen LogP contribution is -2.67. The molecule has 15 fully saturated rings. The maximum atomic E-state index is 12.9. The van der Waals surface area contributed by atoms with Gasteiger partial charge in [-0.25, -0.2) is 23.4 Å². The third-order valence-corrected chi connectivity index (χ3v) is 24.7. The molecule has 0 radical (unpaired) electrons. The highest BCUT2D eigenvalue weighted by Gasteiger charge is 2.59. The van der Waals surface area contributed by atoms with E-state index in [9.17, 15) is 51.1 Å². The van der Waals surface area contributed by atoms with Crippen LogP contribution in [0.5, 0.6) is 0 Å². The van der Waals surface area contributed by atoms with Gasteiger partial charge in [-0.2, -0.15) is 43.7 Å². The zero-order valence-corrected chi connectivity index (χ0v) is 65.4. The lowest BCUT2D eigenvalue weighted by Gasteiger charge is -2.49. The van der Waals surface area contributed by atoms with Crippen molar-refractivity contribution in [3.63, 3.8) is 0 Å².